The molecule has 8 nitrogen and oxygen atoms in total. The van der Waals surface area contributed by atoms with E-state index in [1.807, 2.05) is 100 Å². The largest absolute Gasteiger partial charge is 0.490 e. The quantitative estimate of drug-likeness (QED) is 0.169. The standard InChI is InChI=1S/C30H32N6O2.2ClH/c1-19(2)37-27-17-21(35-29(31)25-9-5-7-15-33-25)11-13-23(27)24-14-12-22(18-28(24)38-20(3)4)36-30(32)26-10-6-8-16-34-26;;/h5-20H,1-4H3,(H2,31,35)(H2,32,36);2*1H. The molecule has 4 N–H and O–H groups in total. The van der Waals surface area contributed by atoms with Crippen molar-refractivity contribution in [3.63, 3.8) is 0 Å². The minimum atomic E-state index is -0.0578. The lowest BCUT2D eigenvalue weighted by Gasteiger charge is -2.19. The number of benzene rings is 2. The maximum absolute atomic E-state index is 6.20. The van der Waals surface area contributed by atoms with Gasteiger partial charge in [0, 0.05) is 35.7 Å². The van der Waals surface area contributed by atoms with Crippen LogP contribution in [0.2, 0.25) is 0 Å². The number of aromatic nitrogens is 2. The van der Waals surface area contributed by atoms with E-state index in [-0.39, 0.29) is 37.0 Å². The van der Waals surface area contributed by atoms with Gasteiger partial charge in [-0.15, -0.1) is 24.8 Å². The number of nitrogens with two attached hydrogens (primary N) is 2. The van der Waals surface area contributed by atoms with Crippen LogP contribution in [0, 0.1) is 0 Å². The Balaban J connectivity index is 0.00000280. The molecule has 0 unspecified atom stereocenters. The van der Waals surface area contributed by atoms with E-state index < -0.39 is 0 Å². The number of ether oxygens (including phenoxy) is 2. The minimum Gasteiger partial charge on any atom is -0.490 e. The van der Waals surface area contributed by atoms with Crippen molar-refractivity contribution in [3.05, 3.63) is 96.6 Å². The van der Waals surface area contributed by atoms with Crippen LogP contribution in [0.5, 0.6) is 11.5 Å². The fourth-order valence-corrected chi connectivity index (χ4v) is 3.73. The Kier molecular flexibility index (Phi) is 11.9. The monoisotopic (exact) mass is 580 g/mol. The van der Waals surface area contributed by atoms with Crippen LogP contribution in [0.1, 0.15) is 39.1 Å². The van der Waals surface area contributed by atoms with Gasteiger partial charge < -0.3 is 20.9 Å². The lowest BCUT2D eigenvalue weighted by atomic mass is 10.0. The van der Waals surface area contributed by atoms with Crippen molar-refractivity contribution in [2.75, 3.05) is 0 Å². The topological polar surface area (TPSA) is 121 Å². The summed E-state index contributed by atoms with van der Waals surface area (Å²) in [5, 5.41) is 0. The molecule has 4 aromatic rings. The summed E-state index contributed by atoms with van der Waals surface area (Å²) in [4.78, 5) is 17.7. The number of aliphatic imine (C=N–C) groups is 2. The highest BCUT2D eigenvalue weighted by atomic mass is 35.5. The summed E-state index contributed by atoms with van der Waals surface area (Å²) in [5.74, 6) is 1.97. The Bertz CT molecular complexity index is 1330. The smallest absolute Gasteiger partial charge is 0.150 e. The van der Waals surface area contributed by atoms with E-state index in [1.54, 1.807) is 12.4 Å². The van der Waals surface area contributed by atoms with Gasteiger partial charge in [0.15, 0.2) is 0 Å². The number of halogens is 2. The molecule has 10 heteroatoms. The Labute approximate surface area is 247 Å². The Hall–Kier alpha value is -4.14. The first-order valence-corrected chi connectivity index (χ1v) is 12.4. The lowest BCUT2D eigenvalue weighted by molar-refractivity contribution is 0.239. The van der Waals surface area contributed by atoms with E-state index >= 15 is 0 Å². The second kappa shape index (κ2) is 14.9. The Morgan fingerprint density at radius 2 is 1.02 bits per heavy atom. The van der Waals surface area contributed by atoms with Crippen molar-refractivity contribution in [3.8, 4) is 22.6 Å². The molecule has 0 aliphatic carbocycles. The van der Waals surface area contributed by atoms with Gasteiger partial charge >= 0.3 is 0 Å². The second-order valence-electron chi connectivity index (χ2n) is 9.12. The molecule has 0 aliphatic rings. The molecule has 0 spiro atoms. The van der Waals surface area contributed by atoms with Gasteiger partial charge in [-0.2, -0.15) is 0 Å². The summed E-state index contributed by atoms with van der Waals surface area (Å²) in [7, 11) is 0. The SMILES string of the molecule is CC(C)Oc1cc(N=C(N)c2ccccn2)ccc1-c1ccc(N=C(N)c2ccccn2)cc1OC(C)C.Cl.Cl. The van der Waals surface area contributed by atoms with Crippen molar-refractivity contribution >= 4 is 47.9 Å². The molecule has 0 atom stereocenters. The van der Waals surface area contributed by atoms with Crippen LogP contribution in [0.25, 0.3) is 11.1 Å². The summed E-state index contributed by atoms with van der Waals surface area (Å²) >= 11 is 0. The Morgan fingerprint density at radius 1 is 0.625 bits per heavy atom. The molecular weight excluding hydrogens is 547 g/mol. The normalized spacial score (nSPS) is 11.6. The van der Waals surface area contributed by atoms with Crippen LogP contribution in [0.3, 0.4) is 0 Å². The number of pyridine rings is 2. The molecule has 0 amide bonds. The first-order chi connectivity index (χ1) is 18.3. The molecule has 0 radical (unpaired) electrons. The zero-order chi connectivity index (χ0) is 27.1. The number of hydrogen-bond donors (Lipinski definition) is 2. The Morgan fingerprint density at radius 3 is 1.35 bits per heavy atom. The van der Waals surface area contributed by atoms with Crippen LogP contribution in [0.4, 0.5) is 11.4 Å². The highest BCUT2D eigenvalue weighted by Crippen LogP contribution is 2.41. The highest BCUT2D eigenvalue weighted by molar-refractivity contribution is 5.98. The fourth-order valence-electron chi connectivity index (χ4n) is 3.73. The van der Waals surface area contributed by atoms with E-state index in [9.17, 15) is 0 Å². The van der Waals surface area contributed by atoms with Crippen molar-refractivity contribution in [1.82, 2.24) is 9.97 Å². The molecule has 210 valence electrons. The summed E-state index contributed by atoms with van der Waals surface area (Å²) in [5.41, 5.74) is 16.7. The number of amidine groups is 2. The summed E-state index contributed by atoms with van der Waals surface area (Å²) in [6, 6.07) is 22.5. The van der Waals surface area contributed by atoms with E-state index in [0.29, 0.717) is 45.9 Å². The lowest BCUT2D eigenvalue weighted by Crippen LogP contribution is -2.14. The fraction of sp³-hybridized carbons (Fsp3) is 0.200. The molecule has 0 saturated carbocycles. The molecule has 40 heavy (non-hydrogen) atoms. The maximum atomic E-state index is 6.20. The van der Waals surface area contributed by atoms with Gasteiger partial charge in [-0.25, -0.2) is 9.98 Å². The van der Waals surface area contributed by atoms with Crippen molar-refractivity contribution in [2.24, 2.45) is 21.5 Å². The van der Waals surface area contributed by atoms with Gasteiger partial charge in [0.1, 0.15) is 34.6 Å². The van der Waals surface area contributed by atoms with Gasteiger partial charge in [-0.05, 0) is 76.2 Å². The average molecular weight is 582 g/mol. The zero-order valence-corrected chi connectivity index (χ0v) is 24.4. The maximum Gasteiger partial charge on any atom is 0.150 e. The number of nitrogens with zero attached hydrogens (tertiary/aromatic N) is 4. The highest BCUT2D eigenvalue weighted by Gasteiger charge is 2.16. The molecule has 2 aromatic heterocycles. The van der Waals surface area contributed by atoms with Gasteiger partial charge in [-0.1, -0.05) is 12.1 Å². The van der Waals surface area contributed by atoms with E-state index in [2.05, 4.69) is 20.0 Å². The van der Waals surface area contributed by atoms with Crippen molar-refractivity contribution in [2.45, 2.75) is 39.9 Å². The summed E-state index contributed by atoms with van der Waals surface area (Å²) in [6.45, 7) is 7.91. The van der Waals surface area contributed by atoms with Crippen LogP contribution in [0.15, 0.2) is 95.2 Å². The van der Waals surface area contributed by atoms with Gasteiger partial charge in [0.2, 0.25) is 0 Å². The van der Waals surface area contributed by atoms with E-state index in [1.165, 1.54) is 0 Å². The predicted molar refractivity (Wildman–Crippen MR) is 167 cm³/mol. The molecule has 0 saturated heterocycles. The van der Waals surface area contributed by atoms with Crippen LogP contribution in [-0.4, -0.2) is 33.8 Å². The molecular formula is C30H34Cl2N6O2. The first kappa shape index (κ1) is 32.1. The van der Waals surface area contributed by atoms with Gasteiger partial charge in [0.05, 0.1) is 23.6 Å². The minimum absolute atomic E-state index is 0. The molecule has 0 bridgehead atoms. The predicted octanol–water partition coefficient (Wildman–Crippen LogP) is 6.64. The number of hydrogen-bond acceptors (Lipinski definition) is 6. The third-order valence-corrected chi connectivity index (χ3v) is 5.30. The first-order valence-electron chi connectivity index (χ1n) is 12.4. The average Bonchev–Trinajstić information content (AvgIpc) is 2.90. The molecule has 2 heterocycles. The second-order valence-corrected chi connectivity index (χ2v) is 9.12. The third kappa shape index (κ3) is 8.43. The third-order valence-electron chi connectivity index (χ3n) is 5.30. The van der Waals surface area contributed by atoms with Crippen molar-refractivity contribution in [1.29, 1.82) is 0 Å². The van der Waals surface area contributed by atoms with E-state index in [0.717, 1.165) is 11.1 Å². The van der Waals surface area contributed by atoms with Crippen LogP contribution >= 0.6 is 24.8 Å². The van der Waals surface area contributed by atoms with E-state index in [4.69, 9.17) is 20.9 Å². The van der Waals surface area contributed by atoms with Crippen LogP contribution < -0.4 is 20.9 Å². The molecule has 4 rings (SSSR count). The number of rotatable bonds is 9. The molecule has 2 aromatic carbocycles. The van der Waals surface area contributed by atoms with Gasteiger partial charge in [0.25, 0.3) is 0 Å². The van der Waals surface area contributed by atoms with Crippen molar-refractivity contribution < 1.29 is 9.47 Å². The van der Waals surface area contributed by atoms with Crippen LogP contribution in [-0.2, 0) is 0 Å². The summed E-state index contributed by atoms with van der Waals surface area (Å²) < 4.78 is 12.4. The van der Waals surface area contributed by atoms with Gasteiger partial charge in [-0.3, -0.25) is 9.97 Å². The molecule has 0 fully saturated rings. The molecule has 0 aliphatic heterocycles. The summed E-state index contributed by atoms with van der Waals surface area (Å²) in [6.07, 6.45) is 3.25. The zero-order valence-electron chi connectivity index (χ0n) is 22.8.